The maximum absolute atomic E-state index is 11.9. The van der Waals surface area contributed by atoms with Crippen LogP contribution in [0.1, 0.15) is 29.4 Å². The number of carbonyl (C=O) groups is 2. The molecule has 0 saturated carbocycles. The van der Waals surface area contributed by atoms with E-state index in [1.807, 2.05) is 6.07 Å². The molecule has 21 heavy (non-hydrogen) atoms. The number of thiazole rings is 1. The second-order valence-corrected chi connectivity index (χ2v) is 6.00. The van der Waals surface area contributed by atoms with Gasteiger partial charge in [0.2, 0.25) is 5.91 Å². The number of amides is 1. The van der Waals surface area contributed by atoms with Crippen molar-refractivity contribution < 1.29 is 9.59 Å². The van der Waals surface area contributed by atoms with Gasteiger partial charge in [-0.05, 0) is 18.1 Å². The summed E-state index contributed by atoms with van der Waals surface area (Å²) in [7, 11) is 0. The zero-order valence-electron chi connectivity index (χ0n) is 11.2. The fourth-order valence-corrected chi connectivity index (χ4v) is 2.84. The summed E-state index contributed by atoms with van der Waals surface area (Å²) in [5.74, 6) is -0.312. The number of anilines is 1. The summed E-state index contributed by atoms with van der Waals surface area (Å²) >= 11 is 13.2. The highest BCUT2D eigenvalue weighted by Crippen LogP contribution is 2.26. The molecule has 0 aliphatic carbocycles. The van der Waals surface area contributed by atoms with Gasteiger partial charge < -0.3 is 5.32 Å². The fourth-order valence-electron chi connectivity index (χ4n) is 1.66. The van der Waals surface area contributed by atoms with E-state index in [0.29, 0.717) is 27.3 Å². The standard InChI is InChI=1S/C14H12Cl2N2O2S/c1-8(19)11-7-21-14(17-11)18-12(20)6-5-9-3-2-4-10(15)13(9)16/h2-4,7H,5-6H2,1H3,(H,17,18,20). The van der Waals surface area contributed by atoms with Crippen LogP contribution in [0.25, 0.3) is 0 Å². The molecule has 1 N–H and O–H groups in total. The zero-order valence-corrected chi connectivity index (χ0v) is 13.5. The van der Waals surface area contributed by atoms with Crippen molar-refractivity contribution in [3.8, 4) is 0 Å². The van der Waals surface area contributed by atoms with Crippen molar-refractivity contribution in [2.24, 2.45) is 0 Å². The summed E-state index contributed by atoms with van der Waals surface area (Å²) in [6.07, 6.45) is 0.741. The lowest BCUT2D eigenvalue weighted by molar-refractivity contribution is -0.116. The number of benzene rings is 1. The molecule has 110 valence electrons. The van der Waals surface area contributed by atoms with Crippen LogP contribution < -0.4 is 5.32 Å². The van der Waals surface area contributed by atoms with Gasteiger partial charge in [0.15, 0.2) is 10.9 Å². The van der Waals surface area contributed by atoms with Gasteiger partial charge in [0.1, 0.15) is 5.69 Å². The largest absolute Gasteiger partial charge is 0.302 e. The second-order valence-electron chi connectivity index (χ2n) is 4.36. The van der Waals surface area contributed by atoms with Gasteiger partial charge in [-0.1, -0.05) is 35.3 Å². The summed E-state index contributed by atoms with van der Waals surface area (Å²) in [5.41, 5.74) is 1.18. The van der Waals surface area contributed by atoms with E-state index in [1.54, 1.807) is 17.5 Å². The highest BCUT2D eigenvalue weighted by molar-refractivity contribution is 7.14. The number of ketones is 1. The Morgan fingerprint density at radius 1 is 1.33 bits per heavy atom. The Labute approximate surface area is 136 Å². The van der Waals surface area contributed by atoms with Gasteiger partial charge in [0.05, 0.1) is 10.0 Å². The zero-order chi connectivity index (χ0) is 15.4. The molecular formula is C14H12Cl2N2O2S. The lowest BCUT2D eigenvalue weighted by Crippen LogP contribution is -2.12. The number of aromatic nitrogens is 1. The van der Waals surface area contributed by atoms with Crippen LogP contribution in [0.5, 0.6) is 0 Å². The van der Waals surface area contributed by atoms with Gasteiger partial charge in [0, 0.05) is 18.7 Å². The second kappa shape index (κ2) is 7.02. The highest BCUT2D eigenvalue weighted by Gasteiger charge is 2.11. The van der Waals surface area contributed by atoms with Crippen LogP contribution in [-0.4, -0.2) is 16.7 Å². The van der Waals surface area contributed by atoms with Gasteiger partial charge in [-0.25, -0.2) is 4.98 Å². The molecule has 1 heterocycles. The van der Waals surface area contributed by atoms with E-state index < -0.39 is 0 Å². The SMILES string of the molecule is CC(=O)c1csc(NC(=O)CCc2cccc(Cl)c2Cl)n1. The molecule has 2 rings (SSSR count). The first kappa shape index (κ1) is 15.9. The smallest absolute Gasteiger partial charge is 0.226 e. The first-order chi connectivity index (χ1) is 9.97. The quantitative estimate of drug-likeness (QED) is 0.827. The molecule has 0 unspecified atom stereocenters. The number of aryl methyl sites for hydroxylation is 1. The molecule has 0 saturated heterocycles. The minimum atomic E-state index is -0.185. The van der Waals surface area contributed by atoms with E-state index in [1.165, 1.54) is 18.3 Å². The van der Waals surface area contributed by atoms with Crippen LogP contribution in [-0.2, 0) is 11.2 Å². The number of hydrogen-bond acceptors (Lipinski definition) is 4. The van der Waals surface area contributed by atoms with Gasteiger partial charge in [-0.2, -0.15) is 0 Å². The van der Waals surface area contributed by atoms with Crippen molar-refractivity contribution in [1.29, 1.82) is 0 Å². The van der Waals surface area contributed by atoms with Crippen LogP contribution in [0.4, 0.5) is 5.13 Å². The van der Waals surface area contributed by atoms with Gasteiger partial charge in [0.25, 0.3) is 0 Å². The van der Waals surface area contributed by atoms with Crippen molar-refractivity contribution in [2.45, 2.75) is 19.8 Å². The first-order valence-corrected chi connectivity index (χ1v) is 7.80. The Hall–Kier alpha value is -1.43. The van der Waals surface area contributed by atoms with E-state index in [0.717, 1.165) is 5.56 Å². The molecule has 1 aromatic heterocycles. The average molecular weight is 343 g/mol. The van der Waals surface area contributed by atoms with E-state index >= 15 is 0 Å². The molecule has 2 aromatic rings. The number of nitrogens with one attached hydrogen (secondary N) is 1. The molecule has 0 aliphatic heterocycles. The Morgan fingerprint density at radius 2 is 2.10 bits per heavy atom. The third-order valence-electron chi connectivity index (χ3n) is 2.76. The highest BCUT2D eigenvalue weighted by atomic mass is 35.5. The summed E-state index contributed by atoms with van der Waals surface area (Å²) in [6, 6.07) is 5.33. The number of hydrogen-bond donors (Lipinski definition) is 1. The number of halogens is 2. The minimum Gasteiger partial charge on any atom is -0.302 e. The topological polar surface area (TPSA) is 59.1 Å². The van der Waals surface area contributed by atoms with Crippen LogP contribution in [0, 0.1) is 0 Å². The predicted molar refractivity (Wildman–Crippen MR) is 85.5 cm³/mol. The van der Waals surface area contributed by atoms with Crippen molar-refractivity contribution >= 4 is 51.4 Å². The molecule has 0 radical (unpaired) electrons. The van der Waals surface area contributed by atoms with E-state index in [-0.39, 0.29) is 18.1 Å². The van der Waals surface area contributed by atoms with Crippen LogP contribution in [0.15, 0.2) is 23.6 Å². The van der Waals surface area contributed by atoms with Gasteiger partial charge in [-0.15, -0.1) is 11.3 Å². The Morgan fingerprint density at radius 3 is 2.76 bits per heavy atom. The van der Waals surface area contributed by atoms with Crippen molar-refractivity contribution in [3.05, 3.63) is 44.9 Å². The lowest BCUT2D eigenvalue weighted by Gasteiger charge is -2.05. The molecule has 0 bridgehead atoms. The molecule has 1 aromatic carbocycles. The summed E-state index contributed by atoms with van der Waals surface area (Å²) in [6.45, 7) is 1.43. The Balaban J connectivity index is 1.92. The monoisotopic (exact) mass is 342 g/mol. The van der Waals surface area contributed by atoms with Gasteiger partial charge >= 0.3 is 0 Å². The summed E-state index contributed by atoms with van der Waals surface area (Å²) < 4.78 is 0. The molecule has 0 atom stereocenters. The first-order valence-electron chi connectivity index (χ1n) is 6.16. The Bertz CT molecular complexity index is 685. The average Bonchev–Trinajstić information content (AvgIpc) is 2.89. The molecule has 0 fully saturated rings. The van der Waals surface area contributed by atoms with Crippen LogP contribution >= 0.6 is 34.5 Å². The Kier molecular flexibility index (Phi) is 5.33. The summed E-state index contributed by atoms with van der Waals surface area (Å²) in [5, 5.41) is 5.64. The predicted octanol–water partition coefficient (Wildman–Crippen LogP) is 4.22. The van der Waals surface area contributed by atoms with Crippen LogP contribution in [0.3, 0.4) is 0 Å². The fraction of sp³-hybridized carbons (Fsp3) is 0.214. The lowest BCUT2D eigenvalue weighted by atomic mass is 10.1. The van der Waals surface area contributed by atoms with E-state index in [9.17, 15) is 9.59 Å². The molecule has 0 aliphatic rings. The normalized spacial score (nSPS) is 10.4. The number of nitrogens with zero attached hydrogens (tertiary/aromatic N) is 1. The number of Topliss-reactive ketones (excluding diaryl/α,β-unsaturated/α-hetero) is 1. The van der Waals surface area contributed by atoms with Crippen molar-refractivity contribution in [2.75, 3.05) is 5.32 Å². The number of carbonyl (C=O) groups excluding carboxylic acids is 2. The third-order valence-corrected chi connectivity index (χ3v) is 4.38. The minimum absolute atomic E-state index is 0.127. The molecule has 0 spiro atoms. The van der Waals surface area contributed by atoms with Crippen molar-refractivity contribution in [3.63, 3.8) is 0 Å². The maximum atomic E-state index is 11.9. The van der Waals surface area contributed by atoms with Crippen molar-refractivity contribution in [1.82, 2.24) is 4.98 Å². The van der Waals surface area contributed by atoms with Crippen LogP contribution in [0.2, 0.25) is 10.0 Å². The van der Waals surface area contributed by atoms with E-state index in [4.69, 9.17) is 23.2 Å². The molecular weight excluding hydrogens is 331 g/mol. The molecule has 1 amide bonds. The molecule has 7 heteroatoms. The van der Waals surface area contributed by atoms with Gasteiger partial charge in [-0.3, -0.25) is 9.59 Å². The summed E-state index contributed by atoms with van der Waals surface area (Å²) in [4.78, 5) is 27.0. The van der Waals surface area contributed by atoms with E-state index in [2.05, 4.69) is 10.3 Å². The third kappa shape index (κ3) is 4.27. The molecule has 4 nitrogen and oxygen atoms in total. The number of rotatable bonds is 5. The maximum Gasteiger partial charge on any atom is 0.226 e.